The van der Waals surface area contributed by atoms with Crippen LogP contribution in [-0.4, -0.2) is 19.5 Å². The number of anilines is 1. The summed E-state index contributed by atoms with van der Waals surface area (Å²) in [6, 6.07) is 9.07. The molecule has 4 rings (SSSR count). The van der Waals surface area contributed by atoms with Crippen molar-refractivity contribution in [2.24, 2.45) is 0 Å². The highest BCUT2D eigenvalue weighted by molar-refractivity contribution is 5.62. The summed E-state index contributed by atoms with van der Waals surface area (Å²) < 4.78 is 15.7. The third kappa shape index (κ3) is 4.21. The Kier molecular flexibility index (Phi) is 5.65. The number of imidazole rings is 1. The van der Waals surface area contributed by atoms with Gasteiger partial charge in [0.2, 0.25) is 5.95 Å². The van der Waals surface area contributed by atoms with Gasteiger partial charge < -0.3 is 10.3 Å². The summed E-state index contributed by atoms with van der Waals surface area (Å²) in [7, 11) is 0. The van der Waals surface area contributed by atoms with Crippen LogP contribution in [0.25, 0.3) is 11.3 Å². The fourth-order valence-electron chi connectivity index (χ4n) is 4.15. The van der Waals surface area contributed by atoms with E-state index in [0.717, 1.165) is 36.2 Å². The molecule has 2 N–H and O–H groups in total. The zero-order valence-electron chi connectivity index (χ0n) is 16.0. The predicted molar refractivity (Wildman–Crippen MR) is 108 cm³/mol. The van der Waals surface area contributed by atoms with Crippen LogP contribution in [0.5, 0.6) is 0 Å². The first-order valence-electron chi connectivity index (χ1n) is 10.1. The van der Waals surface area contributed by atoms with Gasteiger partial charge in [0.15, 0.2) is 0 Å². The van der Waals surface area contributed by atoms with Crippen LogP contribution in [-0.2, 0) is 12.8 Å². The zero-order valence-corrected chi connectivity index (χ0v) is 16.0. The quantitative estimate of drug-likeness (QED) is 0.671. The van der Waals surface area contributed by atoms with Crippen molar-refractivity contribution in [2.45, 2.75) is 57.4 Å². The highest BCUT2D eigenvalue weighted by Gasteiger charge is 2.21. The standard InChI is InChI=1S/C22H26FN5/c23-17-11-9-16(10-12-17)21-20(8-4-5-18-13-14-25-22(24)27-18)28(15-26-21)19-6-2-1-3-7-19/h9-15,19H,1-8H2,(H2,24,25,27). The predicted octanol–water partition coefficient (Wildman–Crippen LogP) is 4.74. The van der Waals surface area contributed by atoms with Crippen LogP contribution >= 0.6 is 0 Å². The Morgan fingerprint density at radius 3 is 2.54 bits per heavy atom. The molecule has 1 aliphatic carbocycles. The van der Waals surface area contributed by atoms with Gasteiger partial charge in [0, 0.05) is 29.2 Å². The average molecular weight is 379 g/mol. The maximum Gasteiger partial charge on any atom is 0.220 e. The number of nitrogens with zero attached hydrogens (tertiary/aromatic N) is 4. The number of rotatable bonds is 6. The molecular weight excluding hydrogens is 353 g/mol. The van der Waals surface area contributed by atoms with Crippen molar-refractivity contribution in [1.82, 2.24) is 19.5 Å². The summed E-state index contributed by atoms with van der Waals surface area (Å²) >= 11 is 0. The molecule has 2 aromatic heterocycles. The summed E-state index contributed by atoms with van der Waals surface area (Å²) in [5.74, 6) is 0.0927. The normalized spacial score (nSPS) is 15.0. The Morgan fingerprint density at radius 2 is 1.79 bits per heavy atom. The lowest BCUT2D eigenvalue weighted by atomic mass is 9.94. The summed E-state index contributed by atoms with van der Waals surface area (Å²) in [6.07, 6.45) is 12.6. The number of nitrogens with two attached hydrogens (primary N) is 1. The second-order valence-corrected chi connectivity index (χ2v) is 7.51. The minimum atomic E-state index is -0.224. The molecule has 1 saturated carbocycles. The van der Waals surface area contributed by atoms with Gasteiger partial charge in [-0.2, -0.15) is 0 Å². The molecule has 2 heterocycles. The Labute approximate surface area is 164 Å². The van der Waals surface area contributed by atoms with Crippen LogP contribution in [0.2, 0.25) is 0 Å². The van der Waals surface area contributed by atoms with Crippen LogP contribution in [0.3, 0.4) is 0 Å². The molecule has 1 aromatic carbocycles. The van der Waals surface area contributed by atoms with Gasteiger partial charge in [-0.25, -0.2) is 19.3 Å². The van der Waals surface area contributed by atoms with Gasteiger partial charge in [-0.15, -0.1) is 0 Å². The maximum absolute atomic E-state index is 13.4. The summed E-state index contributed by atoms with van der Waals surface area (Å²) in [5, 5.41) is 0. The van der Waals surface area contributed by atoms with E-state index in [2.05, 4.69) is 14.5 Å². The van der Waals surface area contributed by atoms with Crippen LogP contribution in [0.4, 0.5) is 10.3 Å². The molecule has 0 aliphatic heterocycles. The van der Waals surface area contributed by atoms with Gasteiger partial charge in [-0.1, -0.05) is 19.3 Å². The Hall–Kier alpha value is -2.76. The number of nitrogen functional groups attached to an aromatic ring is 1. The summed E-state index contributed by atoms with van der Waals surface area (Å²) in [6.45, 7) is 0. The second-order valence-electron chi connectivity index (χ2n) is 7.51. The SMILES string of the molecule is Nc1nccc(CCCc2c(-c3ccc(F)cc3)ncn2C2CCCCC2)n1. The number of halogens is 1. The van der Waals surface area contributed by atoms with E-state index in [1.807, 2.05) is 24.5 Å². The molecule has 0 spiro atoms. The monoisotopic (exact) mass is 379 g/mol. The first-order chi connectivity index (χ1) is 13.7. The van der Waals surface area contributed by atoms with Crippen LogP contribution < -0.4 is 5.73 Å². The average Bonchev–Trinajstić information content (AvgIpc) is 3.13. The van der Waals surface area contributed by atoms with Gasteiger partial charge in [0.05, 0.1) is 12.0 Å². The topological polar surface area (TPSA) is 69.6 Å². The highest BCUT2D eigenvalue weighted by Crippen LogP contribution is 2.33. The van der Waals surface area contributed by atoms with E-state index in [4.69, 9.17) is 10.7 Å². The lowest BCUT2D eigenvalue weighted by Crippen LogP contribution is -2.15. The van der Waals surface area contributed by atoms with E-state index in [-0.39, 0.29) is 5.82 Å². The van der Waals surface area contributed by atoms with E-state index in [9.17, 15) is 4.39 Å². The number of benzene rings is 1. The van der Waals surface area contributed by atoms with Crippen molar-refractivity contribution in [1.29, 1.82) is 0 Å². The third-order valence-corrected chi connectivity index (χ3v) is 5.56. The molecule has 1 fully saturated rings. The zero-order chi connectivity index (χ0) is 19.3. The van der Waals surface area contributed by atoms with Crippen LogP contribution in [0.15, 0.2) is 42.9 Å². The van der Waals surface area contributed by atoms with Crippen LogP contribution in [0.1, 0.15) is 56.0 Å². The van der Waals surface area contributed by atoms with Crippen molar-refractivity contribution < 1.29 is 4.39 Å². The molecule has 3 aromatic rings. The smallest absolute Gasteiger partial charge is 0.220 e. The van der Waals surface area contributed by atoms with E-state index < -0.39 is 0 Å². The summed E-state index contributed by atoms with van der Waals surface area (Å²) in [5.41, 5.74) is 9.82. The van der Waals surface area contributed by atoms with Crippen LogP contribution in [0, 0.1) is 5.82 Å². The van der Waals surface area contributed by atoms with Crippen molar-refractivity contribution >= 4 is 5.95 Å². The van der Waals surface area contributed by atoms with E-state index >= 15 is 0 Å². The largest absolute Gasteiger partial charge is 0.368 e. The minimum Gasteiger partial charge on any atom is -0.368 e. The molecular formula is C22H26FN5. The van der Waals surface area contributed by atoms with Gasteiger partial charge in [0.1, 0.15) is 5.82 Å². The van der Waals surface area contributed by atoms with Crippen molar-refractivity contribution in [3.63, 3.8) is 0 Å². The molecule has 146 valence electrons. The maximum atomic E-state index is 13.4. The van der Waals surface area contributed by atoms with Gasteiger partial charge in [-0.05, 0) is 62.4 Å². The Bertz CT molecular complexity index is 913. The van der Waals surface area contributed by atoms with E-state index in [1.165, 1.54) is 49.9 Å². The third-order valence-electron chi connectivity index (χ3n) is 5.56. The Balaban J connectivity index is 1.58. The molecule has 0 unspecified atom stereocenters. The lowest BCUT2D eigenvalue weighted by Gasteiger charge is -2.25. The van der Waals surface area contributed by atoms with E-state index in [1.54, 1.807) is 6.20 Å². The van der Waals surface area contributed by atoms with Gasteiger partial charge in [-0.3, -0.25) is 0 Å². The van der Waals surface area contributed by atoms with Crippen molar-refractivity contribution in [3.05, 3.63) is 60.1 Å². The minimum absolute atomic E-state index is 0.224. The molecule has 0 atom stereocenters. The fourth-order valence-corrected chi connectivity index (χ4v) is 4.15. The molecule has 0 radical (unpaired) electrons. The van der Waals surface area contributed by atoms with Gasteiger partial charge >= 0.3 is 0 Å². The van der Waals surface area contributed by atoms with E-state index in [0.29, 0.717) is 12.0 Å². The first kappa shape index (κ1) is 18.6. The summed E-state index contributed by atoms with van der Waals surface area (Å²) in [4.78, 5) is 13.0. The number of hydrogen-bond acceptors (Lipinski definition) is 4. The number of hydrogen-bond donors (Lipinski definition) is 1. The second kappa shape index (κ2) is 8.50. The molecule has 0 amide bonds. The fraction of sp³-hybridized carbons (Fsp3) is 0.409. The number of aromatic nitrogens is 4. The Morgan fingerprint density at radius 1 is 1.00 bits per heavy atom. The van der Waals surface area contributed by atoms with Crippen molar-refractivity contribution in [3.8, 4) is 11.3 Å². The molecule has 0 saturated heterocycles. The molecule has 28 heavy (non-hydrogen) atoms. The molecule has 1 aliphatic rings. The molecule has 5 nitrogen and oxygen atoms in total. The van der Waals surface area contributed by atoms with Crippen molar-refractivity contribution in [2.75, 3.05) is 5.73 Å². The highest BCUT2D eigenvalue weighted by atomic mass is 19.1. The lowest BCUT2D eigenvalue weighted by molar-refractivity contribution is 0.346. The molecule has 0 bridgehead atoms. The number of aryl methyl sites for hydroxylation is 1. The molecule has 6 heteroatoms. The van der Waals surface area contributed by atoms with Gasteiger partial charge in [0.25, 0.3) is 0 Å². The first-order valence-corrected chi connectivity index (χ1v) is 10.1.